The highest BCUT2D eigenvalue weighted by molar-refractivity contribution is 7.92. The zero-order chi connectivity index (χ0) is 14.9. The number of halogens is 4. The van der Waals surface area contributed by atoms with E-state index in [1.165, 1.54) is 18.3 Å². The molecule has 0 fully saturated rings. The van der Waals surface area contributed by atoms with Crippen LogP contribution in [0.25, 0.3) is 0 Å². The van der Waals surface area contributed by atoms with E-state index in [1.54, 1.807) is 0 Å². The molecule has 0 amide bonds. The molecule has 0 saturated carbocycles. The number of nitrogens with zero attached hydrogens (tertiary/aromatic N) is 1. The summed E-state index contributed by atoms with van der Waals surface area (Å²) >= 11 is 16.8. The molecule has 0 saturated heterocycles. The molecule has 1 heterocycles. The van der Waals surface area contributed by atoms with Crippen LogP contribution in [0.1, 0.15) is 0 Å². The van der Waals surface area contributed by atoms with Crippen LogP contribution >= 0.6 is 34.8 Å². The molecule has 0 aliphatic heterocycles. The normalized spacial score (nSPS) is 11.4. The van der Waals surface area contributed by atoms with E-state index in [-0.39, 0.29) is 15.9 Å². The summed E-state index contributed by atoms with van der Waals surface area (Å²) in [6.07, 6.45) is 1.32. The summed E-state index contributed by atoms with van der Waals surface area (Å²) in [5, 5.41) is -0.732. The van der Waals surface area contributed by atoms with Gasteiger partial charge in [-0.15, -0.1) is 0 Å². The quantitative estimate of drug-likeness (QED) is 0.669. The van der Waals surface area contributed by atoms with Gasteiger partial charge < -0.3 is 0 Å². The van der Waals surface area contributed by atoms with Crippen molar-refractivity contribution >= 4 is 50.5 Å². The van der Waals surface area contributed by atoms with E-state index in [1.807, 2.05) is 0 Å². The van der Waals surface area contributed by atoms with E-state index >= 15 is 0 Å². The van der Waals surface area contributed by atoms with Gasteiger partial charge >= 0.3 is 0 Å². The Morgan fingerprint density at radius 2 is 1.85 bits per heavy atom. The van der Waals surface area contributed by atoms with Crippen molar-refractivity contribution in [3.8, 4) is 0 Å². The first-order chi connectivity index (χ1) is 9.31. The SMILES string of the molecule is O=S(=O)(Nc1ccnc(Cl)c1)c1ccc(Cl)c(F)c1Cl. The Labute approximate surface area is 129 Å². The van der Waals surface area contributed by atoms with Gasteiger partial charge in [0.25, 0.3) is 10.0 Å². The summed E-state index contributed by atoms with van der Waals surface area (Å²) in [5.41, 5.74) is 0.177. The van der Waals surface area contributed by atoms with Gasteiger partial charge in [0.15, 0.2) is 5.82 Å². The summed E-state index contributed by atoms with van der Waals surface area (Å²) in [5.74, 6) is -0.996. The minimum atomic E-state index is -4.07. The summed E-state index contributed by atoms with van der Waals surface area (Å²) in [7, 11) is -4.07. The smallest absolute Gasteiger partial charge is 0.263 e. The topological polar surface area (TPSA) is 59.1 Å². The lowest BCUT2D eigenvalue weighted by Crippen LogP contribution is -2.14. The maximum atomic E-state index is 13.5. The van der Waals surface area contributed by atoms with Gasteiger partial charge in [0, 0.05) is 6.20 Å². The van der Waals surface area contributed by atoms with Gasteiger partial charge in [-0.2, -0.15) is 0 Å². The predicted octanol–water partition coefficient (Wildman–Crippen LogP) is 3.98. The minimum absolute atomic E-state index is 0.110. The van der Waals surface area contributed by atoms with Crippen LogP contribution in [0.15, 0.2) is 35.4 Å². The lowest BCUT2D eigenvalue weighted by Gasteiger charge is -2.10. The van der Waals surface area contributed by atoms with Gasteiger partial charge in [0.1, 0.15) is 10.0 Å². The average molecular weight is 356 g/mol. The van der Waals surface area contributed by atoms with Crippen molar-refractivity contribution in [2.24, 2.45) is 0 Å². The van der Waals surface area contributed by atoms with E-state index in [4.69, 9.17) is 34.8 Å². The Morgan fingerprint density at radius 1 is 1.15 bits per heavy atom. The number of aromatic nitrogens is 1. The number of nitrogens with one attached hydrogen (secondary N) is 1. The van der Waals surface area contributed by atoms with Crippen LogP contribution in [0.2, 0.25) is 15.2 Å². The molecule has 0 aliphatic rings. The van der Waals surface area contributed by atoms with Gasteiger partial charge in [-0.05, 0) is 24.3 Å². The van der Waals surface area contributed by atoms with E-state index in [0.717, 1.165) is 12.1 Å². The Morgan fingerprint density at radius 3 is 2.50 bits per heavy atom. The summed E-state index contributed by atoms with van der Waals surface area (Å²) in [6, 6.07) is 4.92. The number of hydrogen-bond acceptors (Lipinski definition) is 3. The maximum absolute atomic E-state index is 13.5. The van der Waals surface area contributed by atoms with E-state index < -0.39 is 25.8 Å². The van der Waals surface area contributed by atoms with Crippen LogP contribution in [-0.4, -0.2) is 13.4 Å². The third-order valence-corrected chi connectivity index (χ3v) is 4.67. The fourth-order valence-corrected chi connectivity index (χ4v) is 3.36. The number of pyridine rings is 1. The number of hydrogen-bond donors (Lipinski definition) is 1. The Bertz CT molecular complexity index is 768. The van der Waals surface area contributed by atoms with Gasteiger partial charge in [-0.1, -0.05) is 34.8 Å². The Hall–Kier alpha value is -1.08. The average Bonchev–Trinajstić information content (AvgIpc) is 2.35. The lowest BCUT2D eigenvalue weighted by molar-refractivity contribution is 0.595. The molecule has 0 bridgehead atoms. The second-order valence-corrected chi connectivity index (χ2v) is 6.47. The molecule has 2 aromatic rings. The number of anilines is 1. The number of rotatable bonds is 3. The molecule has 4 nitrogen and oxygen atoms in total. The number of sulfonamides is 1. The summed E-state index contributed by atoms with van der Waals surface area (Å²) < 4.78 is 40.0. The van der Waals surface area contributed by atoms with E-state index in [9.17, 15) is 12.8 Å². The predicted molar refractivity (Wildman–Crippen MR) is 76.5 cm³/mol. The molecule has 0 radical (unpaired) electrons. The van der Waals surface area contributed by atoms with Gasteiger partial charge in [-0.25, -0.2) is 17.8 Å². The molecule has 1 aromatic heterocycles. The molecular weight excluding hydrogens is 350 g/mol. The molecule has 0 aliphatic carbocycles. The first-order valence-electron chi connectivity index (χ1n) is 5.09. The van der Waals surface area contributed by atoms with E-state index in [0.29, 0.717) is 0 Å². The highest BCUT2D eigenvalue weighted by Crippen LogP contribution is 2.30. The van der Waals surface area contributed by atoms with Crippen LogP contribution in [0.5, 0.6) is 0 Å². The molecule has 1 N–H and O–H groups in total. The van der Waals surface area contributed by atoms with Crippen LogP contribution < -0.4 is 4.72 Å². The third kappa shape index (κ3) is 3.15. The molecule has 9 heteroatoms. The van der Waals surface area contributed by atoms with E-state index in [2.05, 4.69) is 9.71 Å². The molecule has 20 heavy (non-hydrogen) atoms. The van der Waals surface area contributed by atoms with Gasteiger partial charge in [-0.3, -0.25) is 4.72 Å². The first-order valence-corrected chi connectivity index (χ1v) is 7.71. The fourth-order valence-electron chi connectivity index (χ4n) is 1.39. The van der Waals surface area contributed by atoms with Gasteiger partial charge in [0.05, 0.1) is 15.7 Å². The van der Waals surface area contributed by atoms with Crippen molar-refractivity contribution in [2.75, 3.05) is 4.72 Å². The minimum Gasteiger partial charge on any atom is -0.279 e. The largest absolute Gasteiger partial charge is 0.279 e. The highest BCUT2D eigenvalue weighted by atomic mass is 35.5. The van der Waals surface area contributed by atoms with Crippen LogP contribution in [-0.2, 0) is 10.0 Å². The maximum Gasteiger partial charge on any atom is 0.263 e. The highest BCUT2D eigenvalue weighted by Gasteiger charge is 2.22. The van der Waals surface area contributed by atoms with Crippen molar-refractivity contribution in [3.63, 3.8) is 0 Å². The monoisotopic (exact) mass is 354 g/mol. The third-order valence-electron chi connectivity index (χ3n) is 2.27. The van der Waals surface area contributed by atoms with Crippen molar-refractivity contribution < 1.29 is 12.8 Å². The van der Waals surface area contributed by atoms with Crippen LogP contribution in [0, 0.1) is 5.82 Å². The van der Waals surface area contributed by atoms with Gasteiger partial charge in [0.2, 0.25) is 0 Å². The fraction of sp³-hybridized carbons (Fsp3) is 0. The second kappa shape index (κ2) is 5.73. The summed E-state index contributed by atoms with van der Waals surface area (Å²) in [4.78, 5) is 3.29. The van der Waals surface area contributed by atoms with Crippen LogP contribution in [0.3, 0.4) is 0 Å². The molecule has 1 aromatic carbocycles. The standard InChI is InChI=1S/C11H6Cl3FN2O2S/c12-7-1-2-8(10(14)11(7)15)20(18,19)17-6-3-4-16-9(13)5-6/h1-5H,(H,16,17). The first kappa shape index (κ1) is 15.3. The Kier molecular flexibility index (Phi) is 4.39. The second-order valence-electron chi connectivity index (χ2n) is 3.65. The zero-order valence-corrected chi connectivity index (χ0v) is 12.7. The number of benzene rings is 1. The lowest BCUT2D eigenvalue weighted by atomic mass is 10.3. The molecule has 0 atom stereocenters. The van der Waals surface area contributed by atoms with Crippen molar-refractivity contribution in [3.05, 3.63) is 51.5 Å². The van der Waals surface area contributed by atoms with Crippen molar-refractivity contribution in [1.82, 2.24) is 4.98 Å². The summed E-state index contributed by atoms with van der Waals surface area (Å²) in [6.45, 7) is 0. The molecular formula is C11H6Cl3FN2O2S. The molecule has 2 rings (SSSR count). The van der Waals surface area contributed by atoms with Crippen molar-refractivity contribution in [1.29, 1.82) is 0 Å². The van der Waals surface area contributed by atoms with Crippen LogP contribution in [0.4, 0.5) is 10.1 Å². The molecule has 0 spiro atoms. The zero-order valence-electron chi connectivity index (χ0n) is 9.57. The molecule has 106 valence electrons. The Balaban J connectivity index is 2.44. The van der Waals surface area contributed by atoms with Crippen molar-refractivity contribution in [2.45, 2.75) is 4.90 Å². The molecule has 0 unspecified atom stereocenters.